The first-order valence-corrected chi connectivity index (χ1v) is 11.9. The summed E-state index contributed by atoms with van der Waals surface area (Å²) >= 11 is 0. The second kappa shape index (κ2) is 10.7. The van der Waals surface area contributed by atoms with E-state index in [0.29, 0.717) is 11.3 Å². The fraction of sp³-hybridized carbons (Fsp3) is 0.156. The summed E-state index contributed by atoms with van der Waals surface area (Å²) in [7, 11) is 0. The molecule has 4 heteroatoms. The molecule has 2 heterocycles. The first kappa shape index (κ1) is 20.7. The summed E-state index contributed by atoms with van der Waals surface area (Å²) in [5, 5.41) is 0. The molecule has 0 N–H and O–H groups in total. The fourth-order valence-corrected chi connectivity index (χ4v) is 5.02. The number of aryl methyl sites for hydroxylation is 5. The molecular weight excluding hydrogens is 619 g/mol. The Labute approximate surface area is 230 Å². The van der Waals surface area contributed by atoms with Crippen molar-refractivity contribution in [3.05, 3.63) is 125 Å². The predicted molar refractivity (Wildman–Crippen MR) is 140 cm³/mol. The van der Waals surface area contributed by atoms with Crippen LogP contribution < -0.4 is 0 Å². The van der Waals surface area contributed by atoms with E-state index in [1.165, 1.54) is 33.4 Å². The van der Waals surface area contributed by atoms with Gasteiger partial charge in [-0.25, -0.2) is 0 Å². The predicted octanol–water partition coefficient (Wildman–Crippen LogP) is 6.66. The topological polar surface area (TPSA) is 38.7 Å². The SMILES string of the molecule is [2H]C([2H])([2H])c1ccnc(-c2[c-]c3c4c(c2)CCc2cccc(c2-4)CC3)c1.[Ir].[c-]1ccccc1-c1cnccn1. The average molecular weight is 647 g/mol. The van der Waals surface area contributed by atoms with Crippen LogP contribution in [0.4, 0.5) is 0 Å². The van der Waals surface area contributed by atoms with Gasteiger partial charge < -0.3 is 9.97 Å². The molecule has 0 amide bonds. The van der Waals surface area contributed by atoms with Crippen molar-refractivity contribution in [1.82, 2.24) is 15.0 Å². The monoisotopic (exact) mass is 647 g/mol. The fourth-order valence-electron chi connectivity index (χ4n) is 5.02. The molecule has 2 aromatic heterocycles. The third-order valence-corrected chi connectivity index (χ3v) is 6.61. The van der Waals surface area contributed by atoms with Gasteiger partial charge in [0.2, 0.25) is 0 Å². The van der Waals surface area contributed by atoms with Gasteiger partial charge in [-0.3, -0.25) is 4.98 Å². The molecule has 0 bridgehead atoms. The van der Waals surface area contributed by atoms with Gasteiger partial charge in [0.1, 0.15) is 0 Å². The molecule has 3 nitrogen and oxygen atoms in total. The normalized spacial score (nSPS) is 14.1. The zero-order valence-corrected chi connectivity index (χ0v) is 22.0. The van der Waals surface area contributed by atoms with E-state index >= 15 is 0 Å². The number of rotatable bonds is 2. The largest absolute Gasteiger partial charge is 0.305 e. The molecule has 0 atom stereocenters. The maximum Gasteiger partial charge on any atom is 0.0432 e. The molecule has 0 fully saturated rings. The van der Waals surface area contributed by atoms with Crippen LogP contribution in [0, 0.1) is 19.0 Å². The first-order valence-electron chi connectivity index (χ1n) is 13.4. The van der Waals surface area contributed by atoms with Crippen LogP contribution in [0.5, 0.6) is 0 Å². The number of hydrogen-bond donors (Lipinski definition) is 0. The molecule has 0 saturated heterocycles. The van der Waals surface area contributed by atoms with Crippen molar-refractivity contribution in [2.45, 2.75) is 32.5 Å². The Balaban J connectivity index is 0.000000200. The summed E-state index contributed by atoms with van der Waals surface area (Å²) in [6.07, 6.45) is 10.7. The van der Waals surface area contributed by atoms with Crippen molar-refractivity contribution in [1.29, 1.82) is 0 Å². The maximum atomic E-state index is 7.65. The van der Waals surface area contributed by atoms with Crippen LogP contribution in [0.3, 0.4) is 0 Å². The molecule has 2 aliphatic carbocycles. The second-order valence-corrected chi connectivity index (χ2v) is 8.81. The number of pyridine rings is 1. The van der Waals surface area contributed by atoms with E-state index in [9.17, 15) is 0 Å². The molecule has 0 unspecified atom stereocenters. The van der Waals surface area contributed by atoms with Gasteiger partial charge in [0.25, 0.3) is 0 Å². The van der Waals surface area contributed by atoms with E-state index in [-0.39, 0.29) is 20.1 Å². The quantitative estimate of drug-likeness (QED) is 0.202. The van der Waals surface area contributed by atoms with Gasteiger partial charge in [-0.2, -0.15) is 0 Å². The number of hydrogen-bond acceptors (Lipinski definition) is 3. The Morgan fingerprint density at radius 1 is 0.750 bits per heavy atom. The summed E-state index contributed by atoms with van der Waals surface area (Å²) in [6.45, 7) is -2.12. The minimum absolute atomic E-state index is 0. The van der Waals surface area contributed by atoms with Crippen LogP contribution in [-0.4, -0.2) is 15.0 Å². The van der Waals surface area contributed by atoms with E-state index in [4.69, 9.17) is 4.11 Å². The summed E-state index contributed by atoms with van der Waals surface area (Å²) in [5.74, 6) is 0. The minimum Gasteiger partial charge on any atom is -0.305 e. The smallest absolute Gasteiger partial charge is 0.0432 e. The molecule has 2 aliphatic rings. The van der Waals surface area contributed by atoms with Crippen LogP contribution in [0.1, 0.15) is 31.9 Å². The molecule has 0 spiro atoms. The molecular formula is C32H25IrN3-2. The van der Waals surface area contributed by atoms with Crippen molar-refractivity contribution in [3.63, 3.8) is 0 Å². The average Bonchev–Trinajstić information content (AvgIpc) is 2.97. The Hall–Kier alpha value is -3.46. The van der Waals surface area contributed by atoms with Crippen molar-refractivity contribution in [2.24, 2.45) is 0 Å². The van der Waals surface area contributed by atoms with Gasteiger partial charge in [0, 0.05) is 54.7 Å². The minimum atomic E-state index is -2.12. The number of nitrogens with zero attached hydrogens (tertiary/aromatic N) is 3. The van der Waals surface area contributed by atoms with Crippen LogP contribution in [0.15, 0.2) is 85.5 Å². The zero-order chi connectivity index (χ0) is 26.1. The van der Waals surface area contributed by atoms with E-state index in [0.717, 1.165) is 42.5 Å². The Bertz CT molecular complexity index is 1520. The van der Waals surface area contributed by atoms with Gasteiger partial charge in [0.15, 0.2) is 0 Å². The molecule has 36 heavy (non-hydrogen) atoms. The zero-order valence-electron chi connectivity index (χ0n) is 22.6. The van der Waals surface area contributed by atoms with Crippen LogP contribution in [0.25, 0.3) is 33.6 Å². The molecule has 7 rings (SSSR count). The van der Waals surface area contributed by atoms with Gasteiger partial charge in [-0.05, 0) is 55.4 Å². The molecule has 179 valence electrons. The van der Waals surface area contributed by atoms with Crippen LogP contribution in [-0.2, 0) is 45.8 Å². The Morgan fingerprint density at radius 2 is 1.58 bits per heavy atom. The van der Waals surface area contributed by atoms with Crippen molar-refractivity contribution in [3.8, 4) is 33.6 Å². The van der Waals surface area contributed by atoms with Gasteiger partial charge in [0.05, 0.1) is 0 Å². The van der Waals surface area contributed by atoms with Crippen LogP contribution in [0.2, 0.25) is 0 Å². The second-order valence-electron chi connectivity index (χ2n) is 8.81. The number of aromatic nitrogens is 3. The van der Waals surface area contributed by atoms with Crippen LogP contribution >= 0.6 is 0 Å². The van der Waals surface area contributed by atoms with E-state index in [1.54, 1.807) is 36.9 Å². The van der Waals surface area contributed by atoms with Crippen molar-refractivity contribution in [2.75, 3.05) is 0 Å². The van der Waals surface area contributed by atoms with Gasteiger partial charge >= 0.3 is 0 Å². The maximum absolute atomic E-state index is 7.65. The third kappa shape index (κ3) is 4.80. The number of benzene rings is 3. The summed E-state index contributed by atoms with van der Waals surface area (Å²) in [6, 6.07) is 26.4. The molecule has 3 aromatic carbocycles. The third-order valence-electron chi connectivity index (χ3n) is 6.61. The first-order chi connectivity index (χ1) is 18.5. The van der Waals surface area contributed by atoms with Gasteiger partial charge in [-0.15, -0.1) is 64.7 Å². The molecule has 5 aromatic rings. The standard InChI is InChI=1S/C22H18N.C10H7N2.Ir/c1-14-9-10-23-20(11-14)19-12-17-7-5-15-3-2-4-16-6-8-18(13-19)22(17)21(15)16;1-2-4-9(5-3-1)10-8-11-6-7-12-10;/h2-4,9-12H,5-8H2,1H3;1-4,6-8H;/q2*-1;/i1D3;;. The summed E-state index contributed by atoms with van der Waals surface area (Å²) in [4.78, 5) is 12.6. The van der Waals surface area contributed by atoms with E-state index in [2.05, 4.69) is 51.4 Å². The molecule has 1 radical (unpaired) electrons. The summed E-state index contributed by atoms with van der Waals surface area (Å²) < 4.78 is 22.9. The molecule has 0 aliphatic heterocycles. The van der Waals surface area contributed by atoms with Crippen molar-refractivity contribution >= 4 is 0 Å². The van der Waals surface area contributed by atoms with Gasteiger partial charge in [-0.1, -0.05) is 41.0 Å². The Morgan fingerprint density at radius 3 is 2.36 bits per heavy atom. The van der Waals surface area contributed by atoms with Crippen molar-refractivity contribution < 1.29 is 24.2 Å². The summed E-state index contributed by atoms with van der Waals surface area (Å²) in [5.41, 5.74) is 12.0. The van der Waals surface area contributed by atoms with E-state index < -0.39 is 6.85 Å². The van der Waals surface area contributed by atoms with E-state index in [1.807, 2.05) is 24.3 Å². The Kier molecular flexibility index (Phi) is 6.13. The molecule has 0 saturated carbocycles.